The quantitative estimate of drug-likeness (QED) is 0.776. The summed E-state index contributed by atoms with van der Waals surface area (Å²) in [6.07, 6.45) is 6.11. The molecule has 1 heterocycles. The maximum absolute atomic E-state index is 5.40. The lowest BCUT2D eigenvalue weighted by Gasteiger charge is -2.18. The van der Waals surface area contributed by atoms with Gasteiger partial charge in [-0.25, -0.2) is 0 Å². The molecular weight excluding hydrogens is 234 g/mol. The summed E-state index contributed by atoms with van der Waals surface area (Å²) in [4.78, 5) is 0. The fraction of sp³-hybridized carbons (Fsp3) is 0.750. The first-order chi connectivity index (χ1) is 8.28. The van der Waals surface area contributed by atoms with Crippen molar-refractivity contribution in [2.24, 2.45) is 0 Å². The first-order valence-corrected chi connectivity index (χ1v) is 7.43. The smallest absolute Gasteiger partial charge is 0.161 e. The molecule has 1 aromatic heterocycles. The summed E-state index contributed by atoms with van der Waals surface area (Å²) in [7, 11) is 3.70. The van der Waals surface area contributed by atoms with Gasteiger partial charge in [0.2, 0.25) is 0 Å². The SMILES string of the molecule is CCCn1ncc(OC)c1C(CCSC)NC. The van der Waals surface area contributed by atoms with Crippen LogP contribution in [0.15, 0.2) is 6.20 Å². The lowest BCUT2D eigenvalue weighted by molar-refractivity contribution is 0.392. The number of methoxy groups -OCH3 is 1. The molecular formula is C12H23N3OS. The molecule has 0 amide bonds. The zero-order valence-corrected chi connectivity index (χ0v) is 12.0. The van der Waals surface area contributed by atoms with Gasteiger partial charge in [-0.3, -0.25) is 4.68 Å². The number of aryl methyl sites for hydroxylation is 1. The molecule has 0 fully saturated rings. The van der Waals surface area contributed by atoms with Crippen molar-refractivity contribution in [1.29, 1.82) is 0 Å². The molecule has 0 spiro atoms. The largest absolute Gasteiger partial charge is 0.493 e. The Morgan fingerprint density at radius 1 is 1.59 bits per heavy atom. The summed E-state index contributed by atoms with van der Waals surface area (Å²) >= 11 is 1.86. The summed E-state index contributed by atoms with van der Waals surface area (Å²) < 4.78 is 7.46. The van der Waals surface area contributed by atoms with Crippen LogP contribution in [0.5, 0.6) is 5.75 Å². The van der Waals surface area contributed by atoms with E-state index in [-0.39, 0.29) is 0 Å². The Bertz CT molecular complexity index is 328. The molecule has 0 aliphatic heterocycles. The highest BCUT2D eigenvalue weighted by molar-refractivity contribution is 7.98. The minimum absolute atomic E-state index is 0.312. The maximum atomic E-state index is 5.40. The molecule has 5 heteroatoms. The second-order valence-corrected chi connectivity index (χ2v) is 4.93. The Kier molecular flexibility index (Phi) is 6.44. The standard InChI is InChI=1S/C12H23N3OS/c1-5-7-15-12(11(16-3)9-14-15)10(13-2)6-8-17-4/h9-10,13H,5-8H2,1-4H3. The third kappa shape index (κ3) is 3.64. The molecule has 17 heavy (non-hydrogen) atoms. The Morgan fingerprint density at radius 2 is 2.35 bits per heavy atom. The van der Waals surface area contributed by atoms with Gasteiger partial charge in [0, 0.05) is 6.54 Å². The number of ether oxygens (including phenoxy) is 1. The molecule has 4 nitrogen and oxygen atoms in total. The highest BCUT2D eigenvalue weighted by Gasteiger charge is 2.19. The summed E-state index contributed by atoms with van der Waals surface area (Å²) in [6, 6.07) is 0.312. The van der Waals surface area contributed by atoms with Crippen LogP contribution in [0.3, 0.4) is 0 Å². The average molecular weight is 257 g/mol. The monoisotopic (exact) mass is 257 g/mol. The van der Waals surface area contributed by atoms with E-state index in [1.165, 1.54) is 5.69 Å². The van der Waals surface area contributed by atoms with Gasteiger partial charge in [-0.2, -0.15) is 16.9 Å². The third-order valence-corrected chi connectivity index (χ3v) is 3.43. The van der Waals surface area contributed by atoms with Gasteiger partial charge >= 0.3 is 0 Å². The van der Waals surface area contributed by atoms with E-state index in [2.05, 4.69) is 28.3 Å². The number of nitrogens with one attached hydrogen (secondary N) is 1. The van der Waals surface area contributed by atoms with Gasteiger partial charge in [0.1, 0.15) is 0 Å². The highest BCUT2D eigenvalue weighted by Crippen LogP contribution is 2.27. The van der Waals surface area contributed by atoms with Gasteiger partial charge in [-0.05, 0) is 31.9 Å². The Labute approximate surface area is 108 Å². The van der Waals surface area contributed by atoms with Crippen LogP contribution in [0.4, 0.5) is 0 Å². The predicted octanol–water partition coefficient (Wildman–Crippen LogP) is 2.32. The first-order valence-electron chi connectivity index (χ1n) is 6.04. The minimum Gasteiger partial charge on any atom is -0.493 e. The van der Waals surface area contributed by atoms with Crippen LogP contribution < -0.4 is 10.1 Å². The second kappa shape index (κ2) is 7.61. The minimum atomic E-state index is 0.312. The van der Waals surface area contributed by atoms with E-state index in [1.54, 1.807) is 7.11 Å². The third-order valence-electron chi connectivity index (χ3n) is 2.79. The molecule has 0 bridgehead atoms. The van der Waals surface area contributed by atoms with Gasteiger partial charge < -0.3 is 10.1 Å². The van der Waals surface area contributed by atoms with E-state index >= 15 is 0 Å². The van der Waals surface area contributed by atoms with Gasteiger partial charge in [0.15, 0.2) is 5.75 Å². The number of rotatable bonds is 8. The molecule has 1 aromatic rings. The molecule has 0 aliphatic carbocycles. The normalized spacial score (nSPS) is 12.7. The van der Waals surface area contributed by atoms with Crippen LogP contribution in [0.25, 0.3) is 0 Å². The molecule has 1 unspecified atom stereocenters. The molecule has 1 rings (SSSR count). The average Bonchev–Trinajstić information content (AvgIpc) is 2.74. The summed E-state index contributed by atoms with van der Waals surface area (Å²) in [5, 5.41) is 7.76. The Balaban J connectivity index is 2.92. The Morgan fingerprint density at radius 3 is 2.88 bits per heavy atom. The summed E-state index contributed by atoms with van der Waals surface area (Å²) in [6.45, 7) is 3.10. The topological polar surface area (TPSA) is 39.1 Å². The second-order valence-electron chi connectivity index (χ2n) is 3.94. The van der Waals surface area contributed by atoms with Gasteiger partial charge in [-0.1, -0.05) is 6.92 Å². The van der Waals surface area contributed by atoms with Crippen LogP contribution in [0, 0.1) is 0 Å². The van der Waals surface area contributed by atoms with Crippen LogP contribution >= 0.6 is 11.8 Å². The number of hydrogen-bond donors (Lipinski definition) is 1. The number of nitrogens with zero attached hydrogens (tertiary/aromatic N) is 2. The fourth-order valence-electron chi connectivity index (χ4n) is 1.93. The van der Waals surface area contributed by atoms with E-state index in [1.807, 2.05) is 25.0 Å². The summed E-state index contributed by atoms with van der Waals surface area (Å²) in [5.74, 6) is 2.02. The summed E-state index contributed by atoms with van der Waals surface area (Å²) in [5.41, 5.74) is 1.17. The first kappa shape index (κ1) is 14.4. The Hall–Kier alpha value is -0.680. The lowest BCUT2D eigenvalue weighted by atomic mass is 10.1. The van der Waals surface area contributed by atoms with E-state index < -0.39 is 0 Å². The fourth-order valence-corrected chi connectivity index (χ4v) is 2.40. The van der Waals surface area contributed by atoms with Crippen LogP contribution in [-0.2, 0) is 6.54 Å². The highest BCUT2D eigenvalue weighted by atomic mass is 32.2. The van der Waals surface area contributed by atoms with Crippen LogP contribution in [0.2, 0.25) is 0 Å². The molecule has 98 valence electrons. The van der Waals surface area contributed by atoms with Crippen molar-refractivity contribution in [2.75, 3.05) is 26.2 Å². The molecule has 0 aliphatic rings. The van der Waals surface area contributed by atoms with Crippen molar-refractivity contribution in [3.8, 4) is 5.75 Å². The van der Waals surface area contributed by atoms with Crippen molar-refractivity contribution < 1.29 is 4.74 Å². The lowest BCUT2D eigenvalue weighted by Crippen LogP contribution is -2.22. The van der Waals surface area contributed by atoms with E-state index in [0.29, 0.717) is 6.04 Å². The van der Waals surface area contributed by atoms with E-state index in [9.17, 15) is 0 Å². The number of hydrogen-bond acceptors (Lipinski definition) is 4. The van der Waals surface area contributed by atoms with Crippen molar-refractivity contribution in [1.82, 2.24) is 15.1 Å². The van der Waals surface area contributed by atoms with Crippen molar-refractivity contribution in [3.05, 3.63) is 11.9 Å². The van der Waals surface area contributed by atoms with Gasteiger partial charge in [0.05, 0.1) is 25.0 Å². The zero-order valence-electron chi connectivity index (χ0n) is 11.2. The van der Waals surface area contributed by atoms with E-state index in [4.69, 9.17) is 4.74 Å². The number of aromatic nitrogens is 2. The number of thioether (sulfide) groups is 1. The van der Waals surface area contributed by atoms with Crippen molar-refractivity contribution >= 4 is 11.8 Å². The maximum Gasteiger partial charge on any atom is 0.161 e. The van der Waals surface area contributed by atoms with Crippen molar-refractivity contribution in [2.45, 2.75) is 32.4 Å². The van der Waals surface area contributed by atoms with Crippen molar-refractivity contribution in [3.63, 3.8) is 0 Å². The van der Waals surface area contributed by atoms with Gasteiger partial charge in [0.25, 0.3) is 0 Å². The van der Waals surface area contributed by atoms with Gasteiger partial charge in [-0.15, -0.1) is 0 Å². The van der Waals surface area contributed by atoms with Crippen LogP contribution in [0.1, 0.15) is 31.5 Å². The predicted molar refractivity (Wildman–Crippen MR) is 73.9 cm³/mol. The molecule has 0 saturated carbocycles. The molecule has 1 atom stereocenters. The molecule has 0 aromatic carbocycles. The van der Waals surface area contributed by atoms with E-state index in [0.717, 1.165) is 30.9 Å². The molecule has 0 radical (unpaired) electrons. The molecule has 0 saturated heterocycles. The zero-order chi connectivity index (χ0) is 12.7. The molecule has 1 N–H and O–H groups in total. The van der Waals surface area contributed by atoms with Crippen LogP contribution in [-0.4, -0.2) is 35.9 Å².